The van der Waals surface area contributed by atoms with Gasteiger partial charge in [0, 0.05) is 18.7 Å². The van der Waals surface area contributed by atoms with E-state index in [4.69, 9.17) is 4.74 Å². The molecule has 2 rings (SSSR count). The number of hydrogen-bond acceptors (Lipinski definition) is 3. The molecular formula is C20H24N2O3. The van der Waals surface area contributed by atoms with E-state index in [-0.39, 0.29) is 17.9 Å². The lowest BCUT2D eigenvalue weighted by Gasteiger charge is -2.15. The summed E-state index contributed by atoms with van der Waals surface area (Å²) in [5, 5.41) is 5.75. The second-order valence-electron chi connectivity index (χ2n) is 5.92. The fourth-order valence-electron chi connectivity index (χ4n) is 2.36. The molecule has 132 valence electrons. The molecular weight excluding hydrogens is 316 g/mol. The summed E-state index contributed by atoms with van der Waals surface area (Å²) in [5.74, 6) is -0.458. The maximum absolute atomic E-state index is 12.5. The summed E-state index contributed by atoms with van der Waals surface area (Å²) in [5.41, 5.74) is 2.37. The normalized spacial score (nSPS) is 11.6. The van der Waals surface area contributed by atoms with Gasteiger partial charge in [0.25, 0.3) is 11.8 Å². The molecule has 2 aromatic rings. The van der Waals surface area contributed by atoms with E-state index in [1.165, 1.54) is 0 Å². The average Bonchev–Trinajstić information content (AvgIpc) is 2.62. The van der Waals surface area contributed by atoms with Gasteiger partial charge >= 0.3 is 0 Å². The van der Waals surface area contributed by atoms with Gasteiger partial charge in [-0.3, -0.25) is 9.59 Å². The van der Waals surface area contributed by atoms with E-state index < -0.39 is 0 Å². The van der Waals surface area contributed by atoms with E-state index in [1.54, 1.807) is 43.5 Å². The molecule has 0 aromatic heterocycles. The zero-order valence-corrected chi connectivity index (χ0v) is 14.8. The first-order valence-corrected chi connectivity index (χ1v) is 8.34. The SMILES string of the molecule is CCC(C)NC(=O)c1ccccc1NC(=O)c1cccc(COC)c1. The third-order valence-electron chi connectivity index (χ3n) is 3.91. The average molecular weight is 340 g/mol. The van der Waals surface area contributed by atoms with Crippen LogP contribution in [0.15, 0.2) is 48.5 Å². The topological polar surface area (TPSA) is 67.4 Å². The Bertz CT molecular complexity index is 743. The van der Waals surface area contributed by atoms with E-state index in [0.717, 1.165) is 12.0 Å². The van der Waals surface area contributed by atoms with Crippen LogP contribution in [0.4, 0.5) is 5.69 Å². The Morgan fingerprint density at radius 1 is 1.08 bits per heavy atom. The number of benzene rings is 2. The zero-order valence-electron chi connectivity index (χ0n) is 14.8. The fraction of sp³-hybridized carbons (Fsp3) is 0.300. The first kappa shape index (κ1) is 18.7. The Balaban J connectivity index is 2.18. The molecule has 0 radical (unpaired) electrons. The summed E-state index contributed by atoms with van der Waals surface area (Å²) in [6, 6.07) is 14.3. The maximum Gasteiger partial charge on any atom is 0.255 e. The molecule has 1 unspecified atom stereocenters. The lowest BCUT2D eigenvalue weighted by Crippen LogP contribution is -2.32. The van der Waals surface area contributed by atoms with Crippen LogP contribution < -0.4 is 10.6 Å². The van der Waals surface area contributed by atoms with Crippen molar-refractivity contribution >= 4 is 17.5 Å². The van der Waals surface area contributed by atoms with Gasteiger partial charge in [0.05, 0.1) is 17.9 Å². The highest BCUT2D eigenvalue weighted by atomic mass is 16.5. The molecule has 5 heteroatoms. The summed E-state index contributed by atoms with van der Waals surface area (Å²) in [4.78, 5) is 25.0. The summed E-state index contributed by atoms with van der Waals surface area (Å²) < 4.78 is 5.09. The van der Waals surface area contributed by atoms with Crippen molar-refractivity contribution < 1.29 is 14.3 Å². The molecule has 0 bridgehead atoms. The number of anilines is 1. The maximum atomic E-state index is 12.5. The van der Waals surface area contributed by atoms with Crippen LogP contribution in [-0.4, -0.2) is 25.0 Å². The highest BCUT2D eigenvalue weighted by molar-refractivity contribution is 6.09. The van der Waals surface area contributed by atoms with Gasteiger partial charge in [0.2, 0.25) is 0 Å². The predicted octanol–water partition coefficient (Wildman–Crippen LogP) is 3.61. The molecule has 0 spiro atoms. The van der Waals surface area contributed by atoms with Crippen molar-refractivity contribution in [3.63, 3.8) is 0 Å². The van der Waals surface area contributed by atoms with E-state index in [9.17, 15) is 9.59 Å². The van der Waals surface area contributed by atoms with Crippen molar-refractivity contribution in [2.75, 3.05) is 12.4 Å². The molecule has 0 aliphatic heterocycles. The largest absolute Gasteiger partial charge is 0.380 e. The highest BCUT2D eigenvalue weighted by Gasteiger charge is 2.15. The third kappa shape index (κ3) is 5.16. The van der Waals surface area contributed by atoms with Crippen LogP contribution in [0.5, 0.6) is 0 Å². The number of amides is 2. The van der Waals surface area contributed by atoms with E-state index in [1.807, 2.05) is 26.0 Å². The predicted molar refractivity (Wildman–Crippen MR) is 98.8 cm³/mol. The van der Waals surface area contributed by atoms with Crippen LogP contribution in [0.3, 0.4) is 0 Å². The molecule has 2 aromatic carbocycles. The number of carbonyl (C=O) groups is 2. The minimum absolute atomic E-state index is 0.0713. The Morgan fingerprint density at radius 2 is 1.84 bits per heavy atom. The molecule has 1 atom stereocenters. The molecule has 25 heavy (non-hydrogen) atoms. The van der Waals surface area contributed by atoms with Gasteiger partial charge < -0.3 is 15.4 Å². The fourth-order valence-corrected chi connectivity index (χ4v) is 2.36. The van der Waals surface area contributed by atoms with Crippen molar-refractivity contribution in [1.29, 1.82) is 0 Å². The Hall–Kier alpha value is -2.66. The summed E-state index contributed by atoms with van der Waals surface area (Å²) in [6.07, 6.45) is 0.840. The summed E-state index contributed by atoms with van der Waals surface area (Å²) >= 11 is 0. The Morgan fingerprint density at radius 3 is 2.56 bits per heavy atom. The molecule has 0 saturated heterocycles. The van der Waals surface area contributed by atoms with Crippen molar-refractivity contribution in [3.8, 4) is 0 Å². The quantitative estimate of drug-likeness (QED) is 0.809. The van der Waals surface area contributed by atoms with Gasteiger partial charge in [-0.1, -0.05) is 31.2 Å². The van der Waals surface area contributed by atoms with E-state index in [2.05, 4.69) is 10.6 Å². The summed E-state index contributed by atoms with van der Waals surface area (Å²) in [6.45, 7) is 4.39. The van der Waals surface area contributed by atoms with Crippen molar-refractivity contribution in [3.05, 3.63) is 65.2 Å². The van der Waals surface area contributed by atoms with Crippen LogP contribution in [0.25, 0.3) is 0 Å². The number of methoxy groups -OCH3 is 1. The minimum atomic E-state index is -0.262. The van der Waals surface area contributed by atoms with Gasteiger partial charge in [-0.05, 0) is 43.2 Å². The van der Waals surface area contributed by atoms with Crippen LogP contribution in [0, 0.1) is 0 Å². The molecule has 2 N–H and O–H groups in total. The van der Waals surface area contributed by atoms with Crippen LogP contribution in [0.2, 0.25) is 0 Å². The summed E-state index contributed by atoms with van der Waals surface area (Å²) in [7, 11) is 1.61. The number of carbonyl (C=O) groups excluding carboxylic acids is 2. The smallest absolute Gasteiger partial charge is 0.255 e. The van der Waals surface area contributed by atoms with Gasteiger partial charge in [0.1, 0.15) is 0 Å². The lowest BCUT2D eigenvalue weighted by atomic mass is 10.1. The van der Waals surface area contributed by atoms with Crippen molar-refractivity contribution in [2.45, 2.75) is 32.9 Å². The highest BCUT2D eigenvalue weighted by Crippen LogP contribution is 2.17. The first-order chi connectivity index (χ1) is 12.0. The van der Waals surface area contributed by atoms with E-state index in [0.29, 0.717) is 23.4 Å². The van der Waals surface area contributed by atoms with E-state index >= 15 is 0 Å². The van der Waals surface area contributed by atoms with Crippen molar-refractivity contribution in [2.24, 2.45) is 0 Å². The minimum Gasteiger partial charge on any atom is -0.380 e. The number of nitrogens with one attached hydrogen (secondary N) is 2. The Labute approximate surface area is 148 Å². The van der Waals surface area contributed by atoms with Crippen LogP contribution in [-0.2, 0) is 11.3 Å². The molecule has 2 amide bonds. The van der Waals surface area contributed by atoms with Gasteiger partial charge in [0.15, 0.2) is 0 Å². The molecule has 0 aliphatic rings. The number of ether oxygens (including phenoxy) is 1. The molecule has 0 aliphatic carbocycles. The molecule has 5 nitrogen and oxygen atoms in total. The zero-order chi connectivity index (χ0) is 18.2. The second kappa shape index (κ2) is 8.99. The van der Waals surface area contributed by atoms with Crippen LogP contribution in [0.1, 0.15) is 46.5 Å². The van der Waals surface area contributed by atoms with Gasteiger partial charge in [-0.15, -0.1) is 0 Å². The number of hydrogen-bond donors (Lipinski definition) is 2. The molecule has 0 fully saturated rings. The number of para-hydroxylation sites is 1. The second-order valence-corrected chi connectivity index (χ2v) is 5.92. The van der Waals surface area contributed by atoms with Gasteiger partial charge in [-0.2, -0.15) is 0 Å². The molecule has 0 saturated carbocycles. The third-order valence-corrected chi connectivity index (χ3v) is 3.91. The Kier molecular flexibility index (Phi) is 6.71. The van der Waals surface area contributed by atoms with Crippen molar-refractivity contribution in [1.82, 2.24) is 5.32 Å². The number of rotatable bonds is 7. The van der Waals surface area contributed by atoms with Crippen LogP contribution >= 0.6 is 0 Å². The standard InChI is InChI=1S/C20H24N2O3/c1-4-14(2)21-20(24)17-10-5-6-11-18(17)22-19(23)16-9-7-8-15(12-16)13-25-3/h5-12,14H,4,13H2,1-3H3,(H,21,24)(H,22,23). The van der Waals surface area contributed by atoms with Gasteiger partial charge in [-0.25, -0.2) is 0 Å². The first-order valence-electron chi connectivity index (χ1n) is 8.34. The monoisotopic (exact) mass is 340 g/mol. The molecule has 0 heterocycles. The lowest BCUT2D eigenvalue weighted by molar-refractivity contribution is 0.0940.